The minimum absolute atomic E-state index is 0.957. The number of nitrogens with zero attached hydrogens (tertiary/aromatic N) is 1. The van der Waals surface area contributed by atoms with E-state index in [-0.39, 0.29) is 0 Å². The van der Waals surface area contributed by atoms with Crippen LogP contribution in [-0.2, 0) is 6.54 Å². The molecule has 0 spiro atoms. The summed E-state index contributed by atoms with van der Waals surface area (Å²) in [6.07, 6.45) is 0. The molecule has 0 saturated carbocycles. The number of rotatable bonds is 4. The normalized spacial score (nSPS) is 11.9. The Bertz CT molecular complexity index is 2550. The van der Waals surface area contributed by atoms with Crippen LogP contribution in [0.4, 0.5) is 0 Å². The molecule has 0 bridgehead atoms. The monoisotopic (exact) mass is 635 g/mol. The maximum absolute atomic E-state index is 2.43. The Balaban J connectivity index is 1.45. The van der Waals surface area contributed by atoms with Crippen LogP contribution in [0.25, 0.3) is 76.7 Å². The van der Waals surface area contributed by atoms with E-state index in [1.54, 1.807) is 0 Å². The van der Waals surface area contributed by atoms with Gasteiger partial charge in [0.05, 0.1) is 0 Å². The zero-order chi connectivity index (χ0) is 34.3. The van der Waals surface area contributed by atoms with Crippen LogP contribution in [0, 0.1) is 55.4 Å². The zero-order valence-electron chi connectivity index (χ0n) is 30.4. The molecule has 1 heterocycles. The lowest BCUT2D eigenvalue weighted by molar-refractivity contribution is 0.827. The number of aromatic nitrogens is 1. The Kier molecular flexibility index (Phi) is 7.30. The van der Waals surface area contributed by atoms with Crippen molar-refractivity contribution in [1.29, 1.82) is 0 Å². The second-order valence-corrected chi connectivity index (χ2v) is 14.2. The summed E-state index contributed by atoms with van der Waals surface area (Å²) in [6, 6.07) is 36.3. The van der Waals surface area contributed by atoms with Gasteiger partial charge in [-0.25, -0.2) is 0 Å². The lowest BCUT2D eigenvalue weighted by Gasteiger charge is -2.27. The van der Waals surface area contributed by atoms with Gasteiger partial charge in [0.25, 0.3) is 0 Å². The second kappa shape index (κ2) is 11.5. The van der Waals surface area contributed by atoms with E-state index in [9.17, 15) is 0 Å². The smallest absolute Gasteiger partial charge is 0.0491 e. The van der Waals surface area contributed by atoms with Crippen LogP contribution >= 0.6 is 0 Å². The molecule has 49 heavy (non-hydrogen) atoms. The molecule has 7 aromatic carbocycles. The largest absolute Gasteiger partial charge is 0.341 e. The fourth-order valence-electron chi connectivity index (χ4n) is 8.71. The molecule has 0 radical (unpaired) electrons. The third-order valence-electron chi connectivity index (χ3n) is 12.0. The molecule has 1 heteroatoms. The summed E-state index contributed by atoms with van der Waals surface area (Å²) in [4.78, 5) is 0. The molecule has 0 unspecified atom stereocenters. The first kappa shape index (κ1) is 31.1. The molecule has 1 aromatic heterocycles. The lowest BCUT2D eigenvalue weighted by Crippen LogP contribution is -2.03. The Morgan fingerprint density at radius 3 is 1.29 bits per heavy atom. The van der Waals surface area contributed by atoms with Crippen molar-refractivity contribution in [1.82, 2.24) is 4.57 Å². The van der Waals surface area contributed by atoms with Crippen LogP contribution < -0.4 is 0 Å². The number of hydrogen-bond donors (Lipinski definition) is 0. The van der Waals surface area contributed by atoms with E-state index in [2.05, 4.69) is 164 Å². The number of para-hydroxylation sites is 1. The molecule has 0 aliphatic rings. The first-order chi connectivity index (χ1) is 23.6. The lowest BCUT2D eigenvalue weighted by atomic mass is 9.76. The number of aryl methyl sites for hydroxylation is 5. The van der Waals surface area contributed by atoms with Crippen molar-refractivity contribution in [2.45, 2.75) is 68.9 Å². The van der Waals surface area contributed by atoms with E-state index in [1.165, 1.54) is 121 Å². The van der Waals surface area contributed by atoms with Crippen molar-refractivity contribution in [3.8, 4) is 33.4 Å². The average Bonchev–Trinajstić information content (AvgIpc) is 3.46. The molecule has 0 amide bonds. The quantitative estimate of drug-likeness (QED) is 0.170. The van der Waals surface area contributed by atoms with E-state index in [1.807, 2.05) is 0 Å². The van der Waals surface area contributed by atoms with Crippen molar-refractivity contribution in [3.05, 3.63) is 142 Å². The zero-order valence-corrected chi connectivity index (χ0v) is 30.4. The van der Waals surface area contributed by atoms with Gasteiger partial charge in [-0.05, 0) is 180 Å². The highest BCUT2D eigenvalue weighted by molar-refractivity contribution is 6.25. The van der Waals surface area contributed by atoms with Gasteiger partial charge < -0.3 is 4.57 Å². The summed E-state index contributed by atoms with van der Waals surface area (Å²) in [5, 5.41) is 8.20. The molecule has 8 rings (SSSR count). The van der Waals surface area contributed by atoms with E-state index in [4.69, 9.17) is 0 Å². The minimum atomic E-state index is 0.957. The molecule has 0 atom stereocenters. The van der Waals surface area contributed by atoms with E-state index in [0.29, 0.717) is 0 Å². The Hall–Kier alpha value is -5.14. The van der Waals surface area contributed by atoms with Crippen molar-refractivity contribution < 1.29 is 0 Å². The first-order valence-electron chi connectivity index (χ1n) is 17.8. The maximum Gasteiger partial charge on any atom is 0.0491 e. The molecule has 8 aromatic rings. The van der Waals surface area contributed by atoms with Crippen LogP contribution in [0.15, 0.2) is 97.1 Å². The fourth-order valence-corrected chi connectivity index (χ4v) is 8.71. The van der Waals surface area contributed by atoms with Gasteiger partial charge in [-0.2, -0.15) is 0 Å². The molecule has 0 aliphatic carbocycles. The van der Waals surface area contributed by atoms with E-state index in [0.717, 1.165) is 6.54 Å². The van der Waals surface area contributed by atoms with Gasteiger partial charge in [0, 0.05) is 28.4 Å². The fraction of sp³-hybridized carbons (Fsp3) is 0.208. The number of fused-ring (bicyclic) bond motifs is 5. The average molecular weight is 636 g/mol. The predicted molar refractivity (Wildman–Crippen MR) is 214 cm³/mol. The van der Waals surface area contributed by atoms with Crippen molar-refractivity contribution in [3.63, 3.8) is 0 Å². The third-order valence-corrected chi connectivity index (χ3v) is 12.0. The molecular weight excluding hydrogens is 591 g/mol. The van der Waals surface area contributed by atoms with Gasteiger partial charge >= 0.3 is 0 Å². The minimum Gasteiger partial charge on any atom is -0.341 e. The van der Waals surface area contributed by atoms with Gasteiger partial charge in [-0.1, -0.05) is 78.9 Å². The van der Waals surface area contributed by atoms with E-state index < -0.39 is 0 Å². The highest BCUT2D eigenvalue weighted by atomic mass is 15.0. The maximum atomic E-state index is 2.43. The SMILES string of the molecule is CCn1c2ccccc2c2cc(-c3ccc(-c4c5c(C)c(C)c(C)c(C)c5c(-c5ccccc5)c5c(C)c(C)c(C)c(C)c45)cc3)ccc21. The Labute approximate surface area is 290 Å². The number of benzene rings is 7. The highest BCUT2D eigenvalue weighted by Crippen LogP contribution is 2.50. The topological polar surface area (TPSA) is 4.93 Å². The summed E-state index contributed by atoms with van der Waals surface area (Å²) >= 11 is 0. The van der Waals surface area contributed by atoms with Gasteiger partial charge in [-0.3, -0.25) is 0 Å². The van der Waals surface area contributed by atoms with Crippen LogP contribution in [0.2, 0.25) is 0 Å². The van der Waals surface area contributed by atoms with Crippen LogP contribution in [0.5, 0.6) is 0 Å². The van der Waals surface area contributed by atoms with Gasteiger partial charge in [0.1, 0.15) is 0 Å². The van der Waals surface area contributed by atoms with Crippen LogP contribution in [-0.4, -0.2) is 4.57 Å². The predicted octanol–water partition coefficient (Wildman–Crippen LogP) is 13.6. The Morgan fingerprint density at radius 1 is 0.367 bits per heavy atom. The first-order valence-corrected chi connectivity index (χ1v) is 17.8. The summed E-state index contributed by atoms with van der Waals surface area (Å²) < 4.78 is 2.43. The summed E-state index contributed by atoms with van der Waals surface area (Å²) in [5.74, 6) is 0. The van der Waals surface area contributed by atoms with Gasteiger partial charge in [-0.15, -0.1) is 0 Å². The van der Waals surface area contributed by atoms with Gasteiger partial charge in [0.2, 0.25) is 0 Å². The van der Waals surface area contributed by atoms with Crippen molar-refractivity contribution >= 4 is 43.4 Å². The second-order valence-electron chi connectivity index (χ2n) is 14.2. The molecule has 242 valence electrons. The van der Waals surface area contributed by atoms with Crippen molar-refractivity contribution in [2.24, 2.45) is 0 Å². The summed E-state index contributed by atoms with van der Waals surface area (Å²) in [7, 11) is 0. The van der Waals surface area contributed by atoms with E-state index >= 15 is 0 Å². The molecule has 0 aliphatic heterocycles. The van der Waals surface area contributed by atoms with Gasteiger partial charge in [0.15, 0.2) is 0 Å². The standard InChI is InChI=1S/C48H45N/c1-10-49-41-19-15-14-18-39(41)40-26-38(24-25-42(40)49)35-20-22-37(23-21-35)48-45-33(8)29(4)27(2)31(6)43(45)47(36-16-12-11-13-17-36)44-32(7)28(3)30(5)34(9)46(44)48/h11-26H,10H2,1-9H3. The van der Waals surface area contributed by atoms with Crippen LogP contribution in [0.3, 0.4) is 0 Å². The third kappa shape index (κ3) is 4.45. The Morgan fingerprint density at radius 2 is 0.776 bits per heavy atom. The number of hydrogen-bond acceptors (Lipinski definition) is 0. The molecule has 0 N–H and O–H groups in total. The summed E-state index contributed by atoms with van der Waals surface area (Å²) in [5.41, 5.74) is 21.5. The molecule has 0 fully saturated rings. The van der Waals surface area contributed by atoms with Crippen LogP contribution in [0.1, 0.15) is 51.4 Å². The molecule has 0 saturated heterocycles. The van der Waals surface area contributed by atoms with Crippen molar-refractivity contribution in [2.75, 3.05) is 0 Å². The molecular formula is C48H45N. The molecule has 1 nitrogen and oxygen atoms in total. The summed E-state index contributed by atoms with van der Waals surface area (Å²) in [6.45, 7) is 21.8. The highest BCUT2D eigenvalue weighted by Gasteiger charge is 2.25.